The van der Waals surface area contributed by atoms with E-state index in [0.29, 0.717) is 5.91 Å². The number of rotatable bonds is 4. The fourth-order valence-corrected chi connectivity index (χ4v) is 3.89. The maximum absolute atomic E-state index is 12.6. The van der Waals surface area contributed by atoms with Gasteiger partial charge >= 0.3 is 0 Å². The van der Waals surface area contributed by atoms with Gasteiger partial charge in [0.25, 0.3) is 0 Å². The summed E-state index contributed by atoms with van der Waals surface area (Å²) in [5.74, 6) is 1.41. The molecule has 0 spiro atoms. The highest BCUT2D eigenvalue weighted by Crippen LogP contribution is 2.24. The molecule has 0 unspecified atom stereocenters. The minimum absolute atomic E-state index is 0. The van der Waals surface area contributed by atoms with E-state index >= 15 is 0 Å². The van der Waals surface area contributed by atoms with Gasteiger partial charge in [0, 0.05) is 19.6 Å². The quantitative estimate of drug-likeness (QED) is 0.900. The summed E-state index contributed by atoms with van der Waals surface area (Å²) in [5, 5.41) is 3.36. The van der Waals surface area contributed by atoms with Gasteiger partial charge in [0.2, 0.25) is 5.91 Å². The van der Waals surface area contributed by atoms with Crippen molar-refractivity contribution in [3.8, 4) is 0 Å². The van der Waals surface area contributed by atoms with Crippen molar-refractivity contribution in [2.75, 3.05) is 26.2 Å². The Hall–Kier alpha value is -1.06. The molecule has 1 atom stereocenters. The standard InChI is InChI=1S/C20H30N2O.ClH/c1-16-4-6-17(7-5-16)8-9-18-10-13-22(14-11-18)20(23)19-3-2-12-21-15-19;/h4-7,18-19,21H,2-3,8-15H2,1H3;1H/t19-;/m1./s1. The zero-order valence-corrected chi connectivity index (χ0v) is 15.6. The van der Waals surface area contributed by atoms with Crippen LogP contribution in [0, 0.1) is 18.8 Å². The second kappa shape index (κ2) is 9.43. The van der Waals surface area contributed by atoms with E-state index in [0.717, 1.165) is 44.9 Å². The summed E-state index contributed by atoms with van der Waals surface area (Å²) < 4.78 is 0. The predicted molar refractivity (Wildman–Crippen MR) is 102 cm³/mol. The second-order valence-electron chi connectivity index (χ2n) is 7.34. The summed E-state index contributed by atoms with van der Waals surface area (Å²) in [6, 6.07) is 8.91. The lowest BCUT2D eigenvalue weighted by Gasteiger charge is -2.35. The highest BCUT2D eigenvalue weighted by atomic mass is 35.5. The molecule has 1 aromatic carbocycles. The van der Waals surface area contributed by atoms with Gasteiger partial charge in [-0.05, 0) is 63.5 Å². The van der Waals surface area contributed by atoms with Crippen molar-refractivity contribution >= 4 is 18.3 Å². The molecule has 3 rings (SSSR count). The molecule has 2 fully saturated rings. The fraction of sp³-hybridized carbons (Fsp3) is 0.650. The molecule has 1 N–H and O–H groups in total. The summed E-state index contributed by atoms with van der Waals surface area (Å²) in [6.07, 6.45) is 7.00. The zero-order valence-electron chi connectivity index (χ0n) is 14.8. The summed E-state index contributed by atoms with van der Waals surface area (Å²) in [7, 11) is 0. The molecule has 1 amide bonds. The molecule has 2 aliphatic heterocycles. The minimum atomic E-state index is 0. The smallest absolute Gasteiger partial charge is 0.226 e. The van der Waals surface area contributed by atoms with Gasteiger partial charge in [-0.3, -0.25) is 4.79 Å². The number of likely N-dealkylation sites (tertiary alicyclic amines) is 1. The SMILES string of the molecule is Cc1ccc(CCC2CCN(C(=O)[C@@H]3CCCNC3)CC2)cc1.Cl. The first-order valence-electron chi connectivity index (χ1n) is 9.27. The Balaban J connectivity index is 0.00000208. The molecule has 24 heavy (non-hydrogen) atoms. The molecule has 0 aliphatic carbocycles. The number of hydrogen-bond donors (Lipinski definition) is 1. The van der Waals surface area contributed by atoms with Crippen molar-refractivity contribution in [3.05, 3.63) is 35.4 Å². The first-order chi connectivity index (χ1) is 11.2. The van der Waals surface area contributed by atoms with Gasteiger partial charge in [-0.2, -0.15) is 0 Å². The Labute approximate surface area is 152 Å². The van der Waals surface area contributed by atoms with Crippen molar-refractivity contribution < 1.29 is 4.79 Å². The lowest BCUT2D eigenvalue weighted by molar-refractivity contribution is -0.137. The molecule has 1 aromatic rings. The fourth-order valence-electron chi connectivity index (χ4n) is 3.89. The first kappa shape index (κ1) is 19.3. The Morgan fingerprint density at radius 2 is 1.88 bits per heavy atom. The minimum Gasteiger partial charge on any atom is -0.342 e. The number of aryl methyl sites for hydroxylation is 2. The number of nitrogens with zero attached hydrogens (tertiary/aromatic N) is 1. The Morgan fingerprint density at radius 3 is 2.50 bits per heavy atom. The van der Waals surface area contributed by atoms with E-state index in [9.17, 15) is 4.79 Å². The summed E-state index contributed by atoms with van der Waals surface area (Å²) >= 11 is 0. The van der Waals surface area contributed by atoms with Gasteiger partial charge in [0.05, 0.1) is 5.92 Å². The first-order valence-corrected chi connectivity index (χ1v) is 9.27. The zero-order chi connectivity index (χ0) is 16.1. The summed E-state index contributed by atoms with van der Waals surface area (Å²) in [5.41, 5.74) is 2.78. The van der Waals surface area contributed by atoms with E-state index in [1.807, 2.05) is 0 Å². The van der Waals surface area contributed by atoms with Crippen LogP contribution in [0.4, 0.5) is 0 Å². The monoisotopic (exact) mass is 350 g/mol. The van der Waals surface area contributed by atoms with Gasteiger partial charge in [-0.15, -0.1) is 12.4 Å². The Morgan fingerprint density at radius 1 is 1.17 bits per heavy atom. The van der Waals surface area contributed by atoms with Gasteiger partial charge in [-0.25, -0.2) is 0 Å². The molecule has 0 saturated carbocycles. The third-order valence-corrected chi connectivity index (χ3v) is 5.53. The lowest BCUT2D eigenvalue weighted by atomic mass is 9.89. The normalized spacial score (nSPS) is 22.0. The van der Waals surface area contributed by atoms with E-state index in [1.54, 1.807) is 0 Å². The van der Waals surface area contributed by atoms with Crippen LogP contribution in [0.3, 0.4) is 0 Å². The highest BCUT2D eigenvalue weighted by molar-refractivity contribution is 5.85. The number of carbonyl (C=O) groups excluding carboxylic acids is 1. The van der Waals surface area contributed by atoms with Crippen LogP contribution in [-0.2, 0) is 11.2 Å². The average molecular weight is 351 g/mol. The lowest BCUT2D eigenvalue weighted by Crippen LogP contribution is -2.46. The van der Waals surface area contributed by atoms with Crippen molar-refractivity contribution in [2.24, 2.45) is 11.8 Å². The third-order valence-electron chi connectivity index (χ3n) is 5.53. The van der Waals surface area contributed by atoms with Crippen LogP contribution in [0.5, 0.6) is 0 Å². The van der Waals surface area contributed by atoms with Gasteiger partial charge in [-0.1, -0.05) is 29.8 Å². The molecule has 2 aliphatic rings. The van der Waals surface area contributed by atoms with Crippen LogP contribution >= 0.6 is 12.4 Å². The van der Waals surface area contributed by atoms with Crippen molar-refractivity contribution in [2.45, 2.75) is 45.4 Å². The van der Waals surface area contributed by atoms with E-state index in [2.05, 4.69) is 41.4 Å². The predicted octanol–water partition coefficient (Wildman–Crippen LogP) is 3.59. The van der Waals surface area contributed by atoms with Crippen LogP contribution in [0.25, 0.3) is 0 Å². The van der Waals surface area contributed by atoms with E-state index in [-0.39, 0.29) is 18.3 Å². The van der Waals surface area contributed by atoms with Crippen molar-refractivity contribution in [1.29, 1.82) is 0 Å². The summed E-state index contributed by atoms with van der Waals surface area (Å²) in [6.45, 7) is 6.02. The number of carbonyl (C=O) groups is 1. The third kappa shape index (κ3) is 5.22. The topological polar surface area (TPSA) is 32.3 Å². The summed E-state index contributed by atoms with van der Waals surface area (Å²) in [4.78, 5) is 14.7. The number of nitrogens with one attached hydrogen (secondary N) is 1. The molecule has 4 heteroatoms. The van der Waals surface area contributed by atoms with E-state index in [1.165, 1.54) is 36.8 Å². The largest absolute Gasteiger partial charge is 0.342 e. The Bertz CT molecular complexity index is 503. The van der Waals surface area contributed by atoms with Crippen LogP contribution in [0.1, 0.15) is 43.2 Å². The van der Waals surface area contributed by atoms with Crippen LogP contribution in [0.15, 0.2) is 24.3 Å². The number of piperidine rings is 2. The van der Waals surface area contributed by atoms with Crippen molar-refractivity contribution in [3.63, 3.8) is 0 Å². The molecule has 2 saturated heterocycles. The molecule has 0 radical (unpaired) electrons. The number of amides is 1. The molecular weight excluding hydrogens is 320 g/mol. The number of benzene rings is 1. The van der Waals surface area contributed by atoms with Gasteiger partial charge < -0.3 is 10.2 Å². The van der Waals surface area contributed by atoms with E-state index in [4.69, 9.17) is 0 Å². The van der Waals surface area contributed by atoms with Crippen molar-refractivity contribution in [1.82, 2.24) is 10.2 Å². The molecule has 3 nitrogen and oxygen atoms in total. The molecular formula is C20H31ClN2O. The highest BCUT2D eigenvalue weighted by Gasteiger charge is 2.28. The molecule has 134 valence electrons. The average Bonchev–Trinajstić information content (AvgIpc) is 2.62. The van der Waals surface area contributed by atoms with Gasteiger partial charge in [0.1, 0.15) is 0 Å². The maximum Gasteiger partial charge on any atom is 0.226 e. The number of hydrogen-bond acceptors (Lipinski definition) is 2. The number of halogens is 1. The molecule has 2 heterocycles. The molecule has 0 bridgehead atoms. The van der Waals surface area contributed by atoms with Gasteiger partial charge in [0.15, 0.2) is 0 Å². The van der Waals surface area contributed by atoms with Crippen LogP contribution < -0.4 is 5.32 Å². The Kier molecular flexibility index (Phi) is 7.57. The van der Waals surface area contributed by atoms with Crippen LogP contribution in [0.2, 0.25) is 0 Å². The molecule has 0 aromatic heterocycles. The van der Waals surface area contributed by atoms with E-state index < -0.39 is 0 Å². The second-order valence-corrected chi connectivity index (χ2v) is 7.34. The maximum atomic E-state index is 12.6. The van der Waals surface area contributed by atoms with Crippen LogP contribution in [-0.4, -0.2) is 37.0 Å².